The molecule has 0 radical (unpaired) electrons. The third-order valence-electron chi connectivity index (χ3n) is 4.52. The van der Waals surface area contributed by atoms with Crippen LogP contribution in [-0.2, 0) is 0 Å². The maximum absolute atomic E-state index is 13.7. The van der Waals surface area contributed by atoms with Crippen LogP contribution >= 0.6 is 0 Å². The summed E-state index contributed by atoms with van der Waals surface area (Å²) in [5.41, 5.74) is 0.431. The maximum Gasteiger partial charge on any atom is 0.128 e. The second kappa shape index (κ2) is 5.17. The molecule has 2 bridgehead atoms. The van der Waals surface area contributed by atoms with Crippen molar-refractivity contribution in [3.63, 3.8) is 0 Å². The molecule has 0 aliphatic carbocycles. The number of nitrogens with one attached hydrogen (secondary N) is 1. The van der Waals surface area contributed by atoms with Crippen molar-refractivity contribution in [2.75, 3.05) is 19.6 Å². The Labute approximate surface area is 112 Å². The fourth-order valence-electron chi connectivity index (χ4n) is 3.43. The molecular weight excluding hydrogens is 246 g/mol. The second-order valence-corrected chi connectivity index (χ2v) is 5.80. The molecule has 4 unspecified atom stereocenters. The number of rotatable bonds is 3. The summed E-state index contributed by atoms with van der Waals surface area (Å²) in [7, 11) is 0. The van der Waals surface area contributed by atoms with Gasteiger partial charge in [0.25, 0.3) is 0 Å². The second-order valence-electron chi connectivity index (χ2n) is 5.80. The van der Waals surface area contributed by atoms with Gasteiger partial charge in [-0.05, 0) is 57.0 Å². The normalized spacial score (nSPS) is 31.4. The molecule has 2 heterocycles. The van der Waals surface area contributed by atoms with Crippen LogP contribution in [0.5, 0.6) is 0 Å². The first kappa shape index (κ1) is 13.0. The molecule has 4 atom stereocenters. The molecule has 0 amide bonds. The molecule has 0 saturated carbocycles. The van der Waals surface area contributed by atoms with Gasteiger partial charge in [-0.15, -0.1) is 0 Å². The van der Waals surface area contributed by atoms with Gasteiger partial charge >= 0.3 is 0 Å². The highest BCUT2D eigenvalue weighted by Crippen LogP contribution is 2.29. The van der Waals surface area contributed by atoms with E-state index in [2.05, 4.69) is 10.2 Å². The van der Waals surface area contributed by atoms with Crippen molar-refractivity contribution in [3.05, 3.63) is 35.4 Å². The molecule has 104 valence electrons. The molecule has 2 saturated heterocycles. The SMILES string of the molecule is CC(NC1CCN2CCC1C2)c1cc(F)ccc1F. The van der Waals surface area contributed by atoms with E-state index in [9.17, 15) is 8.78 Å². The Morgan fingerprint density at radius 3 is 2.89 bits per heavy atom. The average molecular weight is 266 g/mol. The molecule has 1 aromatic carbocycles. The molecule has 2 aliphatic rings. The van der Waals surface area contributed by atoms with Crippen LogP contribution in [0.25, 0.3) is 0 Å². The van der Waals surface area contributed by atoms with Gasteiger partial charge in [0.1, 0.15) is 11.6 Å². The van der Waals surface area contributed by atoms with Crippen LogP contribution < -0.4 is 5.32 Å². The number of nitrogens with zero attached hydrogens (tertiary/aromatic N) is 1. The minimum absolute atomic E-state index is 0.146. The molecule has 0 spiro atoms. The van der Waals surface area contributed by atoms with E-state index >= 15 is 0 Å². The molecule has 1 aromatic rings. The summed E-state index contributed by atoms with van der Waals surface area (Å²) in [6.07, 6.45) is 2.32. The highest BCUT2D eigenvalue weighted by molar-refractivity contribution is 5.22. The fraction of sp³-hybridized carbons (Fsp3) is 0.600. The first-order chi connectivity index (χ1) is 9.13. The summed E-state index contributed by atoms with van der Waals surface area (Å²) in [5, 5.41) is 3.50. The fourth-order valence-corrected chi connectivity index (χ4v) is 3.43. The van der Waals surface area contributed by atoms with Gasteiger partial charge in [0.05, 0.1) is 0 Å². The van der Waals surface area contributed by atoms with Crippen LogP contribution in [0.4, 0.5) is 8.78 Å². The third-order valence-corrected chi connectivity index (χ3v) is 4.52. The lowest BCUT2D eigenvalue weighted by Gasteiger charge is -2.33. The van der Waals surface area contributed by atoms with Crippen LogP contribution in [0.2, 0.25) is 0 Å². The summed E-state index contributed by atoms with van der Waals surface area (Å²) in [5.74, 6) is -0.0428. The first-order valence-electron chi connectivity index (χ1n) is 7.07. The molecule has 1 N–H and O–H groups in total. The van der Waals surface area contributed by atoms with Crippen LogP contribution in [-0.4, -0.2) is 30.6 Å². The van der Waals surface area contributed by atoms with Crippen LogP contribution in [0, 0.1) is 17.6 Å². The topological polar surface area (TPSA) is 15.3 Å². The Bertz CT molecular complexity index is 463. The maximum atomic E-state index is 13.7. The Kier molecular flexibility index (Phi) is 3.54. The lowest BCUT2D eigenvalue weighted by molar-refractivity contribution is 0.211. The zero-order valence-electron chi connectivity index (χ0n) is 11.2. The summed E-state index contributed by atoms with van der Waals surface area (Å²) >= 11 is 0. The number of hydrogen-bond donors (Lipinski definition) is 1. The molecule has 0 aromatic heterocycles. The molecule has 4 heteroatoms. The quantitative estimate of drug-likeness (QED) is 0.905. The minimum Gasteiger partial charge on any atom is -0.307 e. The first-order valence-corrected chi connectivity index (χ1v) is 7.07. The van der Waals surface area contributed by atoms with E-state index in [1.807, 2.05) is 6.92 Å². The van der Waals surface area contributed by atoms with Gasteiger partial charge in [-0.25, -0.2) is 8.78 Å². The summed E-state index contributed by atoms with van der Waals surface area (Å²) in [6.45, 7) is 5.37. The highest BCUT2D eigenvalue weighted by Gasteiger charge is 2.34. The number of piperidine rings is 1. The van der Waals surface area contributed by atoms with Gasteiger partial charge in [-0.1, -0.05) is 0 Å². The van der Waals surface area contributed by atoms with E-state index in [0.29, 0.717) is 17.5 Å². The number of hydrogen-bond acceptors (Lipinski definition) is 2. The van der Waals surface area contributed by atoms with Crippen molar-refractivity contribution < 1.29 is 8.78 Å². The van der Waals surface area contributed by atoms with Crippen molar-refractivity contribution in [3.8, 4) is 0 Å². The average Bonchev–Trinajstić information content (AvgIpc) is 2.78. The van der Waals surface area contributed by atoms with Crippen molar-refractivity contribution in [1.29, 1.82) is 0 Å². The van der Waals surface area contributed by atoms with E-state index in [0.717, 1.165) is 19.5 Å². The highest BCUT2D eigenvalue weighted by atomic mass is 19.1. The Morgan fingerprint density at radius 2 is 2.05 bits per heavy atom. The predicted molar refractivity (Wildman–Crippen MR) is 70.9 cm³/mol. The third kappa shape index (κ3) is 2.65. The van der Waals surface area contributed by atoms with Gasteiger partial charge in [0.2, 0.25) is 0 Å². The lowest BCUT2D eigenvalue weighted by atomic mass is 9.92. The molecular formula is C15H20F2N2. The van der Waals surface area contributed by atoms with Crippen molar-refractivity contribution in [2.24, 2.45) is 5.92 Å². The Morgan fingerprint density at radius 1 is 1.26 bits per heavy atom. The van der Waals surface area contributed by atoms with Gasteiger partial charge in [0.15, 0.2) is 0 Å². The largest absolute Gasteiger partial charge is 0.307 e. The Balaban J connectivity index is 1.70. The minimum atomic E-state index is -0.374. The van der Waals surface area contributed by atoms with Gasteiger partial charge < -0.3 is 10.2 Å². The molecule has 19 heavy (non-hydrogen) atoms. The van der Waals surface area contributed by atoms with Gasteiger partial charge in [-0.2, -0.15) is 0 Å². The lowest BCUT2D eigenvalue weighted by Crippen LogP contribution is -2.44. The van der Waals surface area contributed by atoms with Gasteiger partial charge in [0, 0.05) is 24.2 Å². The number of benzene rings is 1. The zero-order chi connectivity index (χ0) is 13.4. The predicted octanol–water partition coefficient (Wildman–Crippen LogP) is 2.71. The summed E-state index contributed by atoms with van der Waals surface area (Å²) < 4.78 is 27.0. The molecule has 2 aliphatic heterocycles. The van der Waals surface area contributed by atoms with Crippen molar-refractivity contribution in [1.82, 2.24) is 10.2 Å². The van der Waals surface area contributed by atoms with Crippen LogP contribution in [0.15, 0.2) is 18.2 Å². The van der Waals surface area contributed by atoms with Crippen LogP contribution in [0.3, 0.4) is 0 Å². The Hall–Kier alpha value is -1.00. The van der Waals surface area contributed by atoms with E-state index in [-0.39, 0.29) is 17.7 Å². The van der Waals surface area contributed by atoms with E-state index in [1.54, 1.807) is 0 Å². The van der Waals surface area contributed by atoms with E-state index in [1.165, 1.54) is 31.2 Å². The van der Waals surface area contributed by atoms with Crippen molar-refractivity contribution >= 4 is 0 Å². The summed E-state index contributed by atoms with van der Waals surface area (Å²) in [6, 6.07) is 3.96. The number of halogens is 2. The van der Waals surface area contributed by atoms with Crippen molar-refractivity contribution in [2.45, 2.75) is 31.8 Å². The molecule has 2 nitrogen and oxygen atoms in total. The number of fused-ring (bicyclic) bond motifs is 2. The van der Waals surface area contributed by atoms with E-state index < -0.39 is 0 Å². The van der Waals surface area contributed by atoms with Crippen LogP contribution in [0.1, 0.15) is 31.4 Å². The summed E-state index contributed by atoms with van der Waals surface area (Å²) in [4.78, 5) is 2.48. The standard InChI is InChI=1S/C15H20F2N2/c1-10(13-8-12(16)2-3-14(13)17)18-15-5-7-19-6-4-11(15)9-19/h2-3,8,10-11,15,18H,4-7,9H2,1H3. The molecule has 3 rings (SSSR count). The zero-order valence-corrected chi connectivity index (χ0v) is 11.2. The van der Waals surface area contributed by atoms with E-state index in [4.69, 9.17) is 0 Å². The monoisotopic (exact) mass is 266 g/mol. The smallest absolute Gasteiger partial charge is 0.128 e. The van der Waals surface area contributed by atoms with Gasteiger partial charge in [-0.3, -0.25) is 0 Å². The molecule has 2 fully saturated rings.